The van der Waals surface area contributed by atoms with Crippen molar-refractivity contribution in [1.29, 1.82) is 0 Å². The summed E-state index contributed by atoms with van der Waals surface area (Å²) in [6.45, 7) is 3.77. The molecule has 0 unspecified atom stereocenters. The number of carbonyl (C=O) groups excluding carboxylic acids is 2. The maximum Gasteiger partial charge on any atom is 0.239 e. The molecule has 3 aliphatic rings. The fraction of sp³-hybridized carbons (Fsp3) is 0.652. The largest absolute Gasteiger partial charge is 0.352 e. The van der Waals surface area contributed by atoms with Crippen molar-refractivity contribution < 1.29 is 14.0 Å². The van der Waals surface area contributed by atoms with Crippen LogP contribution in [0.4, 0.5) is 4.39 Å². The van der Waals surface area contributed by atoms with Gasteiger partial charge in [-0.2, -0.15) is 0 Å². The molecule has 158 valence electrons. The van der Waals surface area contributed by atoms with Gasteiger partial charge < -0.3 is 15.1 Å². The molecule has 1 aliphatic carbocycles. The Kier molecular flexibility index (Phi) is 6.18. The van der Waals surface area contributed by atoms with Crippen LogP contribution in [0.1, 0.15) is 56.9 Å². The van der Waals surface area contributed by atoms with Crippen LogP contribution in [0, 0.1) is 5.82 Å². The van der Waals surface area contributed by atoms with E-state index in [4.69, 9.17) is 0 Å². The van der Waals surface area contributed by atoms with E-state index in [1.807, 2.05) is 6.07 Å². The van der Waals surface area contributed by atoms with Gasteiger partial charge in [-0.1, -0.05) is 25.0 Å². The standard InChI is InChI=1S/C23H32FN3O2/c24-19-6-3-5-18(15-19)23(10-1-2-11-23)17-26-13-8-20(9-14-26)25-21(28)16-27-12-4-7-22(27)29/h3,5-6,15,20H,1-2,4,7-14,16-17H2,(H,25,28). The van der Waals surface area contributed by atoms with Crippen molar-refractivity contribution in [3.05, 3.63) is 35.6 Å². The summed E-state index contributed by atoms with van der Waals surface area (Å²) in [5, 5.41) is 3.12. The summed E-state index contributed by atoms with van der Waals surface area (Å²) in [7, 11) is 0. The van der Waals surface area contributed by atoms with Gasteiger partial charge in [0.15, 0.2) is 0 Å². The zero-order chi connectivity index (χ0) is 20.3. The highest BCUT2D eigenvalue weighted by molar-refractivity contribution is 5.85. The Labute approximate surface area is 172 Å². The lowest BCUT2D eigenvalue weighted by Gasteiger charge is -2.39. The van der Waals surface area contributed by atoms with Crippen molar-refractivity contribution in [3.63, 3.8) is 0 Å². The van der Waals surface area contributed by atoms with Gasteiger partial charge in [-0.3, -0.25) is 9.59 Å². The van der Waals surface area contributed by atoms with E-state index in [9.17, 15) is 14.0 Å². The molecule has 2 amide bonds. The Morgan fingerprint density at radius 1 is 1.14 bits per heavy atom. The van der Waals surface area contributed by atoms with Gasteiger partial charge in [-0.05, 0) is 49.8 Å². The highest BCUT2D eigenvalue weighted by atomic mass is 19.1. The highest BCUT2D eigenvalue weighted by Crippen LogP contribution is 2.42. The molecule has 3 fully saturated rings. The molecule has 29 heavy (non-hydrogen) atoms. The third-order valence-corrected chi connectivity index (χ3v) is 6.98. The number of nitrogens with zero attached hydrogens (tertiary/aromatic N) is 2. The van der Waals surface area contributed by atoms with Crippen LogP contribution in [0.15, 0.2) is 24.3 Å². The quantitative estimate of drug-likeness (QED) is 0.798. The fourth-order valence-corrected chi connectivity index (χ4v) is 5.39. The second-order valence-corrected chi connectivity index (χ2v) is 9.03. The normalized spacial score (nSPS) is 22.9. The van der Waals surface area contributed by atoms with Crippen molar-refractivity contribution >= 4 is 11.8 Å². The summed E-state index contributed by atoms with van der Waals surface area (Å²) in [5.74, 6) is -0.0911. The molecule has 0 bridgehead atoms. The number of benzene rings is 1. The molecule has 1 saturated carbocycles. The molecule has 1 aromatic carbocycles. The minimum atomic E-state index is -0.147. The fourth-order valence-electron chi connectivity index (χ4n) is 5.39. The molecule has 2 saturated heterocycles. The molecule has 0 aromatic heterocycles. The number of nitrogens with one attached hydrogen (secondary N) is 1. The first kappa shape index (κ1) is 20.3. The van der Waals surface area contributed by atoms with Crippen LogP contribution < -0.4 is 5.32 Å². The van der Waals surface area contributed by atoms with Gasteiger partial charge in [0.2, 0.25) is 11.8 Å². The number of carbonyl (C=O) groups is 2. The monoisotopic (exact) mass is 401 g/mol. The molecule has 1 aromatic rings. The van der Waals surface area contributed by atoms with Crippen LogP contribution in [0.25, 0.3) is 0 Å². The molecule has 0 spiro atoms. The Morgan fingerprint density at radius 2 is 1.90 bits per heavy atom. The first-order valence-electron chi connectivity index (χ1n) is 11.1. The van der Waals surface area contributed by atoms with Gasteiger partial charge in [0.05, 0.1) is 6.54 Å². The second kappa shape index (κ2) is 8.82. The molecule has 2 aliphatic heterocycles. The number of hydrogen-bond donors (Lipinski definition) is 1. The Morgan fingerprint density at radius 3 is 2.55 bits per heavy atom. The maximum absolute atomic E-state index is 13.8. The molecule has 5 nitrogen and oxygen atoms in total. The van der Waals surface area contributed by atoms with E-state index in [-0.39, 0.29) is 35.6 Å². The number of hydrogen-bond acceptors (Lipinski definition) is 3. The van der Waals surface area contributed by atoms with Gasteiger partial charge in [0.1, 0.15) is 5.82 Å². The zero-order valence-electron chi connectivity index (χ0n) is 17.2. The Hall–Kier alpha value is -1.95. The molecule has 1 N–H and O–H groups in total. The third kappa shape index (κ3) is 4.80. The van der Waals surface area contributed by atoms with Gasteiger partial charge in [0, 0.05) is 44.1 Å². The minimum absolute atomic E-state index is 0.0364. The summed E-state index contributed by atoms with van der Waals surface area (Å²) in [4.78, 5) is 28.1. The molecular weight excluding hydrogens is 369 g/mol. The second-order valence-electron chi connectivity index (χ2n) is 9.03. The van der Waals surface area contributed by atoms with E-state index < -0.39 is 0 Å². The van der Waals surface area contributed by atoms with Gasteiger partial charge in [-0.25, -0.2) is 4.39 Å². The van der Waals surface area contributed by atoms with Gasteiger partial charge >= 0.3 is 0 Å². The van der Waals surface area contributed by atoms with Crippen molar-refractivity contribution in [2.75, 3.05) is 32.7 Å². The number of piperidine rings is 1. The Balaban J connectivity index is 1.29. The van der Waals surface area contributed by atoms with Crippen LogP contribution in [-0.4, -0.2) is 60.4 Å². The molecule has 2 heterocycles. The average Bonchev–Trinajstić information content (AvgIpc) is 3.34. The average molecular weight is 402 g/mol. The number of rotatable bonds is 6. The number of halogens is 1. The lowest BCUT2D eigenvalue weighted by atomic mass is 9.78. The smallest absolute Gasteiger partial charge is 0.239 e. The van der Waals surface area contributed by atoms with Crippen LogP contribution in [0.2, 0.25) is 0 Å². The van der Waals surface area contributed by atoms with Crippen molar-refractivity contribution in [3.8, 4) is 0 Å². The molecule has 0 radical (unpaired) electrons. The van der Waals surface area contributed by atoms with E-state index in [2.05, 4.69) is 16.3 Å². The van der Waals surface area contributed by atoms with Crippen LogP contribution in [0.3, 0.4) is 0 Å². The first-order chi connectivity index (χ1) is 14.0. The lowest BCUT2D eigenvalue weighted by molar-refractivity contribution is -0.133. The van der Waals surface area contributed by atoms with E-state index >= 15 is 0 Å². The van der Waals surface area contributed by atoms with Gasteiger partial charge in [0.25, 0.3) is 0 Å². The highest BCUT2D eigenvalue weighted by Gasteiger charge is 2.38. The molecular formula is C23H32FN3O2. The first-order valence-corrected chi connectivity index (χ1v) is 11.1. The number of likely N-dealkylation sites (tertiary alicyclic amines) is 2. The number of amides is 2. The lowest BCUT2D eigenvalue weighted by Crippen LogP contribution is -2.50. The zero-order valence-corrected chi connectivity index (χ0v) is 17.2. The summed E-state index contributed by atoms with van der Waals surface area (Å²) >= 11 is 0. The SMILES string of the molecule is O=C(CN1CCCC1=O)NC1CCN(CC2(c3cccc(F)c3)CCCC2)CC1. The van der Waals surface area contributed by atoms with E-state index in [1.165, 1.54) is 18.9 Å². The minimum Gasteiger partial charge on any atom is -0.352 e. The maximum atomic E-state index is 13.8. The van der Waals surface area contributed by atoms with Crippen molar-refractivity contribution in [2.24, 2.45) is 0 Å². The predicted molar refractivity (Wildman–Crippen MR) is 110 cm³/mol. The predicted octanol–water partition coefficient (Wildman–Crippen LogP) is 2.84. The van der Waals surface area contributed by atoms with E-state index in [0.29, 0.717) is 13.0 Å². The third-order valence-electron chi connectivity index (χ3n) is 6.98. The summed E-state index contributed by atoms with van der Waals surface area (Å²) in [5.41, 5.74) is 1.20. The van der Waals surface area contributed by atoms with Crippen LogP contribution in [-0.2, 0) is 15.0 Å². The van der Waals surface area contributed by atoms with E-state index in [1.54, 1.807) is 11.0 Å². The Bertz CT molecular complexity index is 739. The van der Waals surface area contributed by atoms with Gasteiger partial charge in [-0.15, -0.1) is 0 Å². The molecule has 6 heteroatoms. The van der Waals surface area contributed by atoms with Crippen LogP contribution in [0.5, 0.6) is 0 Å². The van der Waals surface area contributed by atoms with E-state index in [0.717, 1.165) is 57.3 Å². The van der Waals surface area contributed by atoms with Crippen molar-refractivity contribution in [1.82, 2.24) is 15.1 Å². The van der Waals surface area contributed by atoms with Crippen molar-refractivity contribution in [2.45, 2.75) is 62.8 Å². The molecule has 0 atom stereocenters. The summed E-state index contributed by atoms with van der Waals surface area (Å²) in [6, 6.07) is 7.34. The molecule has 4 rings (SSSR count). The van der Waals surface area contributed by atoms with Crippen LogP contribution >= 0.6 is 0 Å². The topological polar surface area (TPSA) is 52.7 Å². The summed E-state index contributed by atoms with van der Waals surface area (Å²) in [6.07, 6.45) is 7.94. The summed E-state index contributed by atoms with van der Waals surface area (Å²) < 4.78 is 13.8.